The van der Waals surface area contributed by atoms with Gasteiger partial charge in [0.15, 0.2) is 0 Å². The van der Waals surface area contributed by atoms with Crippen molar-refractivity contribution in [3.8, 4) is 0 Å². The Balaban J connectivity index is 1.45. The first-order valence-corrected chi connectivity index (χ1v) is 12.1. The molecule has 0 aliphatic heterocycles. The summed E-state index contributed by atoms with van der Waals surface area (Å²) in [6, 6.07) is 24.0. The molecule has 38 heavy (non-hydrogen) atoms. The van der Waals surface area contributed by atoms with Gasteiger partial charge in [0.1, 0.15) is 12.3 Å². The lowest BCUT2D eigenvalue weighted by atomic mass is 10.1. The van der Waals surface area contributed by atoms with E-state index in [1.165, 1.54) is 0 Å². The Morgan fingerprint density at radius 3 is 2.39 bits per heavy atom. The zero-order chi connectivity index (χ0) is 26.7. The van der Waals surface area contributed by atoms with Gasteiger partial charge in [0.2, 0.25) is 5.91 Å². The van der Waals surface area contributed by atoms with Crippen molar-refractivity contribution in [1.29, 1.82) is 0 Å². The molecular formula is C29H28N4O5. The zero-order valence-electron chi connectivity index (χ0n) is 20.6. The van der Waals surface area contributed by atoms with E-state index in [0.717, 1.165) is 27.6 Å². The smallest absolute Gasteiger partial charge is 0.412 e. The maximum absolute atomic E-state index is 13.1. The van der Waals surface area contributed by atoms with E-state index in [9.17, 15) is 14.4 Å². The highest BCUT2D eigenvalue weighted by Gasteiger charge is 2.15. The van der Waals surface area contributed by atoms with Gasteiger partial charge in [-0.3, -0.25) is 20.1 Å². The van der Waals surface area contributed by atoms with Gasteiger partial charge in [-0.05, 0) is 47.7 Å². The molecule has 0 saturated carbocycles. The molecule has 3 aromatic carbocycles. The van der Waals surface area contributed by atoms with Crippen LogP contribution in [0.4, 0.5) is 10.5 Å². The van der Waals surface area contributed by atoms with Crippen LogP contribution in [-0.4, -0.2) is 28.1 Å². The number of anilines is 1. The number of para-hydroxylation sites is 1. The van der Waals surface area contributed by atoms with Crippen molar-refractivity contribution in [1.82, 2.24) is 15.8 Å². The van der Waals surface area contributed by atoms with Crippen LogP contribution in [0.2, 0.25) is 0 Å². The first-order chi connectivity index (χ1) is 18.5. The number of H-pyrrole nitrogens is 1. The van der Waals surface area contributed by atoms with E-state index in [0.29, 0.717) is 18.5 Å². The first-order valence-electron chi connectivity index (χ1n) is 12.1. The molecule has 0 bridgehead atoms. The Labute approximate surface area is 219 Å². The summed E-state index contributed by atoms with van der Waals surface area (Å²) in [5, 5.41) is 15.0. The van der Waals surface area contributed by atoms with Gasteiger partial charge in [0.25, 0.3) is 5.91 Å². The van der Waals surface area contributed by atoms with E-state index in [1.807, 2.05) is 60.8 Å². The van der Waals surface area contributed by atoms with E-state index in [4.69, 9.17) is 9.94 Å². The summed E-state index contributed by atoms with van der Waals surface area (Å²) in [7, 11) is 0. The third kappa shape index (κ3) is 7.31. The second-order valence-corrected chi connectivity index (χ2v) is 8.55. The number of aromatic nitrogens is 1. The minimum absolute atomic E-state index is 0.0528. The van der Waals surface area contributed by atoms with Crippen LogP contribution in [0.3, 0.4) is 0 Å². The highest BCUT2D eigenvalue weighted by molar-refractivity contribution is 6.05. The monoisotopic (exact) mass is 512 g/mol. The van der Waals surface area contributed by atoms with Crippen molar-refractivity contribution in [2.24, 2.45) is 0 Å². The second kappa shape index (κ2) is 12.9. The van der Waals surface area contributed by atoms with Crippen LogP contribution < -0.4 is 16.1 Å². The van der Waals surface area contributed by atoms with Gasteiger partial charge in [0.05, 0.1) is 0 Å². The lowest BCUT2D eigenvalue weighted by Crippen LogP contribution is -2.31. The van der Waals surface area contributed by atoms with Gasteiger partial charge in [-0.2, -0.15) is 0 Å². The highest BCUT2D eigenvalue weighted by atomic mass is 16.5. The molecule has 0 fully saturated rings. The van der Waals surface area contributed by atoms with E-state index in [2.05, 4.69) is 15.6 Å². The van der Waals surface area contributed by atoms with E-state index in [1.54, 1.807) is 35.8 Å². The van der Waals surface area contributed by atoms with E-state index < -0.39 is 17.9 Å². The van der Waals surface area contributed by atoms with Crippen LogP contribution in [0.1, 0.15) is 23.1 Å². The number of allylic oxidation sites excluding steroid dienone is 1. The standard InChI is InChI=1S/C29H28N4O5/c34-27(33-37)17-12-20-10-14-23(15-11-20)31-28(35)26(32-29(36)38-19-21-6-2-1-3-7-21)16-13-22-18-30-25-9-5-4-8-24(22)25/h1-11,14-16,18,30,37H,12-13,17,19H2,(H,31,35)(H,32,36)(H,33,34). The molecule has 0 radical (unpaired) electrons. The number of ether oxygens (including phenoxy) is 1. The molecule has 194 valence electrons. The number of benzene rings is 3. The minimum atomic E-state index is -0.744. The normalized spacial score (nSPS) is 11.1. The summed E-state index contributed by atoms with van der Waals surface area (Å²) in [4.78, 5) is 40.1. The highest BCUT2D eigenvalue weighted by Crippen LogP contribution is 2.19. The molecule has 1 heterocycles. The van der Waals surface area contributed by atoms with Crippen LogP contribution in [0, 0.1) is 0 Å². The number of rotatable bonds is 10. The predicted octanol–water partition coefficient (Wildman–Crippen LogP) is 4.60. The molecule has 0 aliphatic rings. The SMILES string of the molecule is O=C(CCc1ccc(NC(=O)C(=CCc2c[nH]c3ccccc23)NC(=O)OCc2ccccc2)cc1)NO. The predicted molar refractivity (Wildman–Crippen MR) is 143 cm³/mol. The van der Waals surface area contributed by atoms with Crippen molar-refractivity contribution < 1.29 is 24.3 Å². The summed E-state index contributed by atoms with van der Waals surface area (Å²) in [6.07, 6.45) is 3.75. The van der Waals surface area contributed by atoms with E-state index >= 15 is 0 Å². The first kappa shape index (κ1) is 26.2. The molecule has 0 unspecified atom stereocenters. The Hall–Kier alpha value is -4.89. The number of hydrogen-bond acceptors (Lipinski definition) is 5. The summed E-state index contributed by atoms with van der Waals surface area (Å²) in [5.41, 5.74) is 5.82. The number of hydroxylamine groups is 1. The summed E-state index contributed by atoms with van der Waals surface area (Å²) < 4.78 is 5.31. The second-order valence-electron chi connectivity index (χ2n) is 8.55. The van der Waals surface area contributed by atoms with Crippen molar-refractivity contribution in [3.63, 3.8) is 0 Å². The van der Waals surface area contributed by atoms with Gasteiger partial charge >= 0.3 is 6.09 Å². The third-order valence-corrected chi connectivity index (χ3v) is 5.87. The van der Waals surface area contributed by atoms with Crippen molar-refractivity contribution in [2.75, 3.05) is 5.32 Å². The van der Waals surface area contributed by atoms with Crippen LogP contribution in [0.25, 0.3) is 10.9 Å². The molecule has 3 amide bonds. The number of amides is 3. The van der Waals surface area contributed by atoms with Gasteiger partial charge < -0.3 is 15.0 Å². The minimum Gasteiger partial charge on any atom is -0.444 e. The number of nitrogens with one attached hydrogen (secondary N) is 4. The van der Waals surface area contributed by atoms with Crippen LogP contribution in [0.15, 0.2) is 96.8 Å². The van der Waals surface area contributed by atoms with Crippen LogP contribution >= 0.6 is 0 Å². The third-order valence-electron chi connectivity index (χ3n) is 5.87. The number of aromatic amines is 1. The topological polar surface area (TPSA) is 133 Å². The summed E-state index contributed by atoms with van der Waals surface area (Å²) in [5.74, 6) is -0.980. The molecule has 4 aromatic rings. The fourth-order valence-corrected chi connectivity index (χ4v) is 3.85. The molecule has 0 atom stereocenters. The number of fused-ring (bicyclic) bond motifs is 1. The number of hydrogen-bond donors (Lipinski definition) is 5. The van der Waals surface area contributed by atoms with E-state index in [-0.39, 0.29) is 18.7 Å². The Morgan fingerprint density at radius 1 is 0.895 bits per heavy atom. The molecular weight excluding hydrogens is 484 g/mol. The Kier molecular flexibility index (Phi) is 8.88. The lowest BCUT2D eigenvalue weighted by molar-refractivity contribution is -0.129. The number of carbonyl (C=O) groups is 3. The van der Waals surface area contributed by atoms with Gasteiger partial charge in [-0.25, -0.2) is 10.3 Å². The maximum Gasteiger partial charge on any atom is 0.412 e. The molecule has 1 aromatic heterocycles. The quantitative estimate of drug-likeness (QED) is 0.120. The fraction of sp³-hybridized carbons (Fsp3) is 0.138. The van der Waals surface area contributed by atoms with Gasteiger partial charge in [0, 0.05) is 29.2 Å². The van der Waals surface area contributed by atoms with Crippen LogP contribution in [0.5, 0.6) is 0 Å². The maximum atomic E-state index is 13.1. The lowest BCUT2D eigenvalue weighted by Gasteiger charge is -2.12. The molecule has 9 nitrogen and oxygen atoms in total. The largest absolute Gasteiger partial charge is 0.444 e. The van der Waals surface area contributed by atoms with Crippen molar-refractivity contribution in [2.45, 2.75) is 25.9 Å². The molecule has 5 N–H and O–H groups in total. The van der Waals surface area contributed by atoms with Crippen LogP contribution in [-0.2, 0) is 33.8 Å². The molecule has 4 rings (SSSR count). The fourth-order valence-electron chi connectivity index (χ4n) is 3.85. The average molecular weight is 513 g/mol. The number of aryl methyl sites for hydroxylation is 1. The molecule has 0 spiro atoms. The Bertz CT molecular complexity index is 1430. The summed E-state index contributed by atoms with van der Waals surface area (Å²) in [6.45, 7) is 0.0692. The van der Waals surface area contributed by atoms with Crippen molar-refractivity contribution in [3.05, 3.63) is 114 Å². The zero-order valence-corrected chi connectivity index (χ0v) is 20.6. The summed E-state index contributed by atoms with van der Waals surface area (Å²) >= 11 is 0. The van der Waals surface area contributed by atoms with Crippen molar-refractivity contribution >= 4 is 34.5 Å². The average Bonchev–Trinajstić information content (AvgIpc) is 3.37. The van der Waals surface area contributed by atoms with Gasteiger partial charge in [-0.15, -0.1) is 0 Å². The number of carbonyl (C=O) groups excluding carboxylic acids is 3. The van der Waals surface area contributed by atoms with Gasteiger partial charge in [-0.1, -0.05) is 66.7 Å². The molecule has 0 saturated heterocycles. The molecule has 0 aliphatic carbocycles. The molecule has 9 heteroatoms. The number of alkyl carbamates (subject to hydrolysis) is 1. The Morgan fingerprint density at radius 2 is 1.63 bits per heavy atom.